The van der Waals surface area contributed by atoms with Crippen LogP contribution in [0.1, 0.15) is 40.0 Å². The molecule has 0 aliphatic heterocycles. The van der Waals surface area contributed by atoms with Crippen molar-refractivity contribution in [3.63, 3.8) is 0 Å². The van der Waals surface area contributed by atoms with Crippen LogP contribution in [0.15, 0.2) is 0 Å². The molecule has 0 amide bonds. The second-order valence-electron chi connectivity index (χ2n) is 4.20. The molecule has 0 rings (SSSR count). The topological polar surface area (TPSA) is 46.5 Å². The maximum atomic E-state index is 10.4. The molecule has 0 aliphatic carbocycles. The van der Waals surface area contributed by atoms with Gasteiger partial charge in [-0.2, -0.15) is 0 Å². The van der Waals surface area contributed by atoms with Crippen molar-refractivity contribution in [1.29, 1.82) is 0 Å². The zero-order valence-corrected chi connectivity index (χ0v) is 10.3. The van der Waals surface area contributed by atoms with E-state index in [0.717, 1.165) is 12.8 Å². The molecule has 4 heteroatoms. The van der Waals surface area contributed by atoms with Gasteiger partial charge in [-0.15, -0.1) is 0 Å². The first kappa shape index (κ1) is 13.9. The van der Waals surface area contributed by atoms with Crippen molar-refractivity contribution < 1.29 is 14.4 Å². The van der Waals surface area contributed by atoms with E-state index >= 15 is 0 Å². The Kier molecular flexibility index (Phi) is 7.12. The zero-order chi connectivity index (χ0) is 11.1. The third-order valence-electron chi connectivity index (χ3n) is 2.39. The molecule has 14 heavy (non-hydrogen) atoms. The van der Waals surface area contributed by atoms with Crippen molar-refractivity contribution in [2.24, 2.45) is 11.8 Å². The summed E-state index contributed by atoms with van der Waals surface area (Å²) in [6, 6.07) is 0. The number of hydrogen-bond donors (Lipinski definition) is 1. The van der Waals surface area contributed by atoms with Crippen LogP contribution in [0.2, 0.25) is 0 Å². The molecule has 0 heterocycles. The van der Waals surface area contributed by atoms with E-state index < -0.39 is 5.97 Å². The molecule has 0 aromatic heterocycles. The molecule has 0 saturated heterocycles. The first-order chi connectivity index (χ1) is 6.47. The maximum Gasteiger partial charge on any atom is 0.303 e. The number of carboxylic acids is 1. The highest BCUT2D eigenvalue weighted by atomic mass is 31.0. The lowest BCUT2D eigenvalue weighted by Crippen LogP contribution is -2.17. The summed E-state index contributed by atoms with van der Waals surface area (Å²) in [5, 5.41) is 8.58. The van der Waals surface area contributed by atoms with Crippen molar-refractivity contribution in [2.75, 3.05) is 0 Å². The van der Waals surface area contributed by atoms with Crippen molar-refractivity contribution >= 4 is 15.4 Å². The smallest absolute Gasteiger partial charge is 0.303 e. The molecule has 3 nitrogen and oxygen atoms in total. The minimum Gasteiger partial charge on any atom is -0.481 e. The van der Waals surface area contributed by atoms with E-state index in [1.165, 1.54) is 0 Å². The Morgan fingerprint density at radius 3 is 2.29 bits per heavy atom. The van der Waals surface area contributed by atoms with Gasteiger partial charge in [0.15, 0.2) is 0 Å². The number of hydrogen-bond acceptors (Lipinski definition) is 2. The fraction of sp³-hybridized carbons (Fsp3) is 0.900. The van der Waals surface area contributed by atoms with E-state index in [1.807, 2.05) is 6.92 Å². The lowest BCUT2D eigenvalue weighted by molar-refractivity contribution is -0.138. The lowest BCUT2D eigenvalue weighted by Gasteiger charge is -2.20. The third kappa shape index (κ3) is 6.33. The van der Waals surface area contributed by atoms with Gasteiger partial charge in [0.05, 0.1) is 6.10 Å². The predicted octanol–water partition coefficient (Wildman–Crippen LogP) is 2.71. The van der Waals surface area contributed by atoms with Crippen LogP contribution in [0, 0.1) is 11.8 Å². The van der Waals surface area contributed by atoms with E-state index in [9.17, 15) is 4.79 Å². The average molecular weight is 220 g/mol. The van der Waals surface area contributed by atoms with Gasteiger partial charge < -0.3 is 9.63 Å². The monoisotopic (exact) mass is 220 g/mol. The third-order valence-corrected chi connectivity index (χ3v) is 2.74. The largest absolute Gasteiger partial charge is 0.481 e. The van der Waals surface area contributed by atoms with Gasteiger partial charge in [-0.05, 0) is 24.7 Å². The van der Waals surface area contributed by atoms with E-state index in [-0.39, 0.29) is 18.4 Å². The van der Waals surface area contributed by atoms with Gasteiger partial charge >= 0.3 is 5.97 Å². The van der Waals surface area contributed by atoms with Gasteiger partial charge in [-0.25, -0.2) is 0 Å². The first-order valence-electron chi connectivity index (χ1n) is 5.04. The van der Waals surface area contributed by atoms with Crippen LogP contribution in [0.5, 0.6) is 0 Å². The number of aliphatic carboxylic acids is 1. The van der Waals surface area contributed by atoms with E-state index in [4.69, 9.17) is 9.63 Å². The molecule has 0 aromatic carbocycles. The molecule has 0 aromatic rings. The van der Waals surface area contributed by atoms with E-state index in [1.54, 1.807) is 0 Å². The summed E-state index contributed by atoms with van der Waals surface area (Å²) in [7, 11) is 2.29. The van der Waals surface area contributed by atoms with Gasteiger partial charge in [-0.1, -0.05) is 20.8 Å². The summed E-state index contributed by atoms with van der Waals surface area (Å²) >= 11 is 0. The highest BCUT2D eigenvalue weighted by molar-refractivity contribution is 7.09. The molecule has 0 radical (unpaired) electrons. The van der Waals surface area contributed by atoms with Gasteiger partial charge in [0.25, 0.3) is 0 Å². The molecule has 0 aliphatic rings. The Hall–Kier alpha value is -0.140. The number of carboxylic acid groups (broad SMARTS) is 1. The summed E-state index contributed by atoms with van der Waals surface area (Å²) in [4.78, 5) is 10.4. The van der Waals surface area contributed by atoms with Gasteiger partial charge in [0.1, 0.15) is 0 Å². The van der Waals surface area contributed by atoms with Crippen LogP contribution in [0.25, 0.3) is 0 Å². The molecule has 2 unspecified atom stereocenters. The number of carbonyl (C=O) groups is 1. The van der Waals surface area contributed by atoms with Crippen molar-refractivity contribution in [3.05, 3.63) is 0 Å². The van der Waals surface area contributed by atoms with Crippen LogP contribution in [0.3, 0.4) is 0 Å². The minimum absolute atomic E-state index is 0.219. The molecular weight excluding hydrogens is 199 g/mol. The molecule has 0 fully saturated rings. The molecule has 84 valence electrons. The first-order valence-corrected chi connectivity index (χ1v) is 5.51. The molecule has 1 N–H and O–H groups in total. The van der Waals surface area contributed by atoms with Crippen molar-refractivity contribution in [1.82, 2.24) is 0 Å². The quantitative estimate of drug-likeness (QED) is 0.671. The van der Waals surface area contributed by atoms with Crippen molar-refractivity contribution in [2.45, 2.75) is 46.1 Å². The standard InChI is InChI=1S/C10H21O3P/c1-7(2)9(13-14)5-4-8(3)6-10(11)12/h7-9H,4-6,14H2,1-3H3,(H,11,12)/t8-,9?/m1/s1. The van der Waals surface area contributed by atoms with Gasteiger partial charge in [0.2, 0.25) is 0 Å². The number of rotatable bonds is 7. The molecule has 0 spiro atoms. The highest BCUT2D eigenvalue weighted by Crippen LogP contribution is 2.20. The van der Waals surface area contributed by atoms with Crippen LogP contribution in [0.4, 0.5) is 0 Å². The van der Waals surface area contributed by atoms with Crippen LogP contribution in [-0.4, -0.2) is 17.2 Å². The van der Waals surface area contributed by atoms with Crippen molar-refractivity contribution in [3.8, 4) is 0 Å². The summed E-state index contributed by atoms with van der Waals surface area (Å²) < 4.78 is 5.24. The maximum absolute atomic E-state index is 10.4. The summed E-state index contributed by atoms with van der Waals surface area (Å²) in [5.74, 6) is -0.0104. The predicted molar refractivity (Wildman–Crippen MR) is 60.1 cm³/mol. The van der Waals surface area contributed by atoms with Crippen LogP contribution >= 0.6 is 9.47 Å². The Morgan fingerprint density at radius 1 is 1.36 bits per heavy atom. The summed E-state index contributed by atoms with van der Waals surface area (Å²) in [6.45, 7) is 6.18. The molecular formula is C10H21O3P. The lowest BCUT2D eigenvalue weighted by atomic mass is 9.95. The highest BCUT2D eigenvalue weighted by Gasteiger charge is 2.15. The fourth-order valence-corrected chi connectivity index (χ4v) is 1.86. The molecule has 0 saturated carbocycles. The van der Waals surface area contributed by atoms with E-state index in [0.29, 0.717) is 5.92 Å². The Bertz CT molecular complexity index is 171. The Balaban J connectivity index is 3.73. The average Bonchev–Trinajstić information content (AvgIpc) is 2.03. The zero-order valence-electron chi connectivity index (χ0n) is 9.19. The molecule has 3 atom stereocenters. The normalized spacial score (nSPS) is 15.5. The fourth-order valence-electron chi connectivity index (χ4n) is 1.41. The minimum atomic E-state index is -0.717. The van der Waals surface area contributed by atoms with Gasteiger partial charge in [0, 0.05) is 15.9 Å². The summed E-state index contributed by atoms with van der Waals surface area (Å²) in [5.41, 5.74) is 0. The second-order valence-corrected chi connectivity index (χ2v) is 4.47. The Morgan fingerprint density at radius 2 is 1.93 bits per heavy atom. The van der Waals surface area contributed by atoms with E-state index in [2.05, 4.69) is 23.3 Å². The Labute approximate surface area is 88.5 Å². The van der Waals surface area contributed by atoms with Crippen LogP contribution in [-0.2, 0) is 9.32 Å². The van der Waals surface area contributed by atoms with Gasteiger partial charge in [-0.3, -0.25) is 4.79 Å². The van der Waals surface area contributed by atoms with Crippen LogP contribution < -0.4 is 0 Å². The molecule has 0 bridgehead atoms. The summed E-state index contributed by atoms with van der Waals surface area (Å²) in [6.07, 6.45) is 2.30. The second kappa shape index (κ2) is 7.19. The SMILES string of the molecule is CC(C)C(CC[C@@H](C)CC(=O)O)OP.